The van der Waals surface area contributed by atoms with Gasteiger partial charge in [-0.25, -0.2) is 30.0 Å². The Kier molecular flexibility index (Phi) is 5.60. The number of rotatable bonds is 5. The molecule has 3 aromatic heterocycles. The molecule has 3 rings (SSSR count). The van der Waals surface area contributed by atoms with Crippen LogP contribution in [-0.2, 0) is 19.3 Å². The monoisotopic (exact) mass is 451 g/mol. The van der Waals surface area contributed by atoms with Gasteiger partial charge >= 0.3 is 24.3 Å². The molecule has 0 aliphatic carbocycles. The van der Waals surface area contributed by atoms with E-state index in [0.717, 1.165) is 12.5 Å². The van der Waals surface area contributed by atoms with Crippen molar-refractivity contribution in [3.05, 3.63) is 36.9 Å². The number of alkyl halides is 6. The van der Waals surface area contributed by atoms with Crippen molar-refractivity contribution in [3.8, 4) is 5.82 Å². The van der Waals surface area contributed by atoms with Crippen LogP contribution in [0.1, 0.15) is 0 Å². The fraction of sp³-hybridized carbons (Fsp3) is 0.143. The Hall–Kier alpha value is -4.02. The van der Waals surface area contributed by atoms with E-state index in [4.69, 9.17) is 0 Å². The average molecular weight is 451 g/mol. The largest absolute Gasteiger partial charge is 0.492 e. The molecule has 17 heteroatoms. The number of nitrogens with zero attached hydrogens (tertiary/aromatic N) is 6. The number of nitrogens with one attached hydrogen (secondary N) is 1. The van der Waals surface area contributed by atoms with Crippen molar-refractivity contribution >= 4 is 28.8 Å². The minimum Gasteiger partial charge on any atom is -0.305 e. The second-order valence-corrected chi connectivity index (χ2v) is 5.33. The smallest absolute Gasteiger partial charge is 0.305 e. The van der Waals surface area contributed by atoms with Gasteiger partial charge in [0.1, 0.15) is 11.7 Å². The number of aromatic nitrogens is 5. The summed E-state index contributed by atoms with van der Waals surface area (Å²) in [5, 5.41) is 3.06. The quantitative estimate of drug-likeness (QED) is 0.454. The van der Waals surface area contributed by atoms with Crippen molar-refractivity contribution < 1.29 is 45.6 Å². The highest BCUT2D eigenvalue weighted by Gasteiger charge is 2.47. The minimum absolute atomic E-state index is 0.0143. The number of fused-ring (bicyclic) bond motifs is 1. The molecule has 1 N–H and O–H groups in total. The molecule has 0 spiro atoms. The Morgan fingerprint density at radius 2 is 1.61 bits per heavy atom. The van der Waals surface area contributed by atoms with E-state index < -0.39 is 35.4 Å². The van der Waals surface area contributed by atoms with Crippen LogP contribution in [-0.4, -0.2) is 54.4 Å². The van der Waals surface area contributed by atoms with E-state index in [0.29, 0.717) is 0 Å². The van der Waals surface area contributed by atoms with E-state index in [1.54, 1.807) is 17.6 Å². The zero-order valence-electron chi connectivity index (χ0n) is 14.5. The number of hydrazine groups is 1. The number of pyridine rings is 1. The molecule has 0 unspecified atom stereocenters. The molecule has 0 bridgehead atoms. The maximum absolute atomic E-state index is 12.4. The second kappa shape index (κ2) is 8.01. The summed E-state index contributed by atoms with van der Waals surface area (Å²) in [5.41, 5.74) is 1.73. The maximum Gasteiger partial charge on any atom is 0.492 e. The molecule has 0 aromatic carbocycles. The number of carbonyl (C=O) groups is 2. The summed E-state index contributed by atoms with van der Waals surface area (Å²) >= 11 is 0. The maximum atomic E-state index is 12.4. The zero-order chi connectivity index (χ0) is 22.8. The van der Waals surface area contributed by atoms with Gasteiger partial charge < -0.3 is 9.68 Å². The number of hydrogen-bond donors (Lipinski definition) is 1. The van der Waals surface area contributed by atoms with Gasteiger partial charge in [-0.3, -0.25) is 0 Å². The second-order valence-electron chi connectivity index (χ2n) is 5.33. The van der Waals surface area contributed by atoms with E-state index in [1.807, 2.05) is 0 Å². The Morgan fingerprint density at radius 3 is 2.16 bits per heavy atom. The van der Waals surface area contributed by atoms with Gasteiger partial charge in [0.15, 0.2) is 17.3 Å². The first-order valence-corrected chi connectivity index (χ1v) is 7.72. The Labute approximate surface area is 166 Å². The number of carbonyl (C=O) groups excluding carboxylic acids is 2. The highest BCUT2D eigenvalue weighted by atomic mass is 19.4. The van der Waals surface area contributed by atoms with Crippen molar-refractivity contribution in [2.45, 2.75) is 12.4 Å². The van der Waals surface area contributed by atoms with Crippen molar-refractivity contribution in [2.75, 3.05) is 5.43 Å². The Morgan fingerprint density at radius 1 is 0.968 bits per heavy atom. The minimum atomic E-state index is -5.62. The summed E-state index contributed by atoms with van der Waals surface area (Å²) in [6.07, 6.45) is -7.86. The van der Waals surface area contributed by atoms with Gasteiger partial charge in [-0.1, -0.05) is 6.07 Å². The van der Waals surface area contributed by atoms with E-state index in [-0.39, 0.29) is 16.9 Å². The van der Waals surface area contributed by atoms with E-state index >= 15 is 0 Å². The van der Waals surface area contributed by atoms with Gasteiger partial charge in [0.25, 0.3) is 0 Å². The van der Waals surface area contributed by atoms with Crippen LogP contribution in [0.25, 0.3) is 16.9 Å². The molecule has 11 nitrogen and oxygen atoms in total. The molecule has 0 atom stereocenters. The van der Waals surface area contributed by atoms with Crippen molar-refractivity contribution in [1.29, 1.82) is 0 Å². The summed E-state index contributed by atoms with van der Waals surface area (Å²) in [4.78, 5) is 40.8. The summed E-state index contributed by atoms with van der Waals surface area (Å²) in [7, 11) is 0. The normalized spacial score (nSPS) is 12.1. The number of halogens is 6. The first-order chi connectivity index (χ1) is 14.5. The molecule has 31 heavy (non-hydrogen) atoms. The molecule has 0 amide bonds. The van der Waals surface area contributed by atoms with Gasteiger partial charge in [0.2, 0.25) is 0 Å². The van der Waals surface area contributed by atoms with Gasteiger partial charge in [-0.15, -0.1) is 0 Å². The highest BCUT2D eigenvalue weighted by Crippen LogP contribution is 2.24. The molecule has 0 aliphatic rings. The molecule has 0 aliphatic heterocycles. The van der Waals surface area contributed by atoms with Crippen LogP contribution >= 0.6 is 0 Å². The summed E-state index contributed by atoms with van der Waals surface area (Å²) < 4.78 is 75.7. The first-order valence-electron chi connectivity index (χ1n) is 7.72. The topological polar surface area (TPSA) is 124 Å². The third kappa shape index (κ3) is 4.94. The Bertz CT molecular complexity index is 1070. The molecule has 0 fully saturated rings. The van der Waals surface area contributed by atoms with Gasteiger partial charge in [0, 0.05) is 6.20 Å². The van der Waals surface area contributed by atoms with Crippen molar-refractivity contribution in [1.82, 2.24) is 30.1 Å². The molecule has 0 saturated heterocycles. The third-order valence-corrected chi connectivity index (χ3v) is 3.22. The fourth-order valence-electron chi connectivity index (χ4n) is 1.98. The third-order valence-electron chi connectivity index (χ3n) is 3.22. The van der Waals surface area contributed by atoms with E-state index in [1.165, 1.54) is 16.9 Å². The lowest BCUT2D eigenvalue weighted by atomic mass is 10.4. The lowest BCUT2D eigenvalue weighted by Gasteiger charge is -2.20. The lowest BCUT2D eigenvalue weighted by Crippen LogP contribution is -2.42. The summed E-state index contributed by atoms with van der Waals surface area (Å²) in [6.45, 7) is 0. The molecular weight excluding hydrogens is 444 g/mol. The predicted molar refractivity (Wildman–Crippen MR) is 84.2 cm³/mol. The summed E-state index contributed by atoms with van der Waals surface area (Å²) in [5.74, 6) is -6.21. The van der Waals surface area contributed by atoms with Crippen LogP contribution in [0, 0.1) is 0 Å². The molecule has 164 valence electrons. The first kappa shape index (κ1) is 21.7. The Balaban J connectivity index is 1.94. The average Bonchev–Trinajstić information content (AvgIpc) is 3.12. The van der Waals surface area contributed by atoms with Crippen molar-refractivity contribution in [3.63, 3.8) is 0 Å². The van der Waals surface area contributed by atoms with Crippen LogP contribution in [0.15, 0.2) is 36.9 Å². The SMILES string of the molecule is O=C(ON(Nc1ncnc2c1cnn2-c1ccccn1)OC(=O)C(F)(F)F)C(F)(F)F. The van der Waals surface area contributed by atoms with Crippen LogP contribution in [0.2, 0.25) is 0 Å². The predicted octanol–water partition coefficient (Wildman–Crippen LogP) is 1.88. The highest BCUT2D eigenvalue weighted by molar-refractivity contribution is 5.86. The molecule has 0 saturated carbocycles. The van der Waals surface area contributed by atoms with E-state index in [2.05, 4.69) is 29.7 Å². The fourth-order valence-corrected chi connectivity index (χ4v) is 1.98. The van der Waals surface area contributed by atoms with Gasteiger partial charge in [-0.05, 0) is 12.1 Å². The molecular formula is C14H7F6N7O4. The molecule has 0 radical (unpaired) electrons. The molecule has 3 heterocycles. The van der Waals surface area contributed by atoms with Crippen LogP contribution in [0.3, 0.4) is 0 Å². The van der Waals surface area contributed by atoms with Gasteiger partial charge in [-0.2, -0.15) is 36.1 Å². The number of hydrogen-bond acceptors (Lipinski definition) is 10. The van der Waals surface area contributed by atoms with Crippen molar-refractivity contribution in [2.24, 2.45) is 0 Å². The zero-order valence-corrected chi connectivity index (χ0v) is 14.5. The van der Waals surface area contributed by atoms with Crippen LogP contribution in [0.5, 0.6) is 0 Å². The number of anilines is 1. The van der Waals surface area contributed by atoms with Crippen LogP contribution < -0.4 is 5.43 Å². The summed E-state index contributed by atoms with van der Waals surface area (Å²) in [6, 6.07) is 4.76. The standard InChI is InChI=1S/C14H7F6N7O4/c15-13(16,17)11(28)30-27(31-12(29)14(18,19)20)25-9-7-5-24-26(10(7)23-6-22-9)8-3-1-2-4-21-8/h1-6H,(H,22,23,25). The van der Waals surface area contributed by atoms with E-state index in [9.17, 15) is 35.9 Å². The lowest BCUT2D eigenvalue weighted by molar-refractivity contribution is -0.339. The van der Waals surface area contributed by atoms with Gasteiger partial charge in [0.05, 0.1) is 11.6 Å². The molecule has 3 aromatic rings. The van der Waals surface area contributed by atoms with Crippen LogP contribution in [0.4, 0.5) is 32.2 Å².